The topological polar surface area (TPSA) is 87.1 Å². The number of aromatic nitrogens is 2. The van der Waals surface area contributed by atoms with Gasteiger partial charge in [-0.05, 0) is 12.1 Å². The highest BCUT2D eigenvalue weighted by Gasteiger charge is 2.36. The monoisotopic (exact) mass is 414 g/mol. The van der Waals surface area contributed by atoms with Crippen LogP contribution < -0.4 is 10.6 Å². The molecule has 0 saturated carbocycles. The Morgan fingerprint density at radius 1 is 1.11 bits per heavy atom. The van der Waals surface area contributed by atoms with Crippen molar-refractivity contribution in [2.24, 2.45) is 0 Å². The number of carbonyl (C=O) groups is 1. The molecule has 1 aromatic carbocycles. The van der Waals surface area contributed by atoms with Crippen molar-refractivity contribution in [2.45, 2.75) is 12.4 Å². The number of carboxylic acids is 1. The van der Waals surface area contributed by atoms with Gasteiger partial charge in [-0.15, -0.1) is 0 Å². The van der Waals surface area contributed by atoms with E-state index in [2.05, 4.69) is 15.3 Å². The highest BCUT2D eigenvalue weighted by atomic mass is 35.5. The second-order valence-electron chi connectivity index (χ2n) is 4.99. The van der Waals surface area contributed by atoms with E-state index in [-0.39, 0.29) is 0 Å². The third-order valence-corrected chi connectivity index (χ3v) is 3.30. The zero-order valence-corrected chi connectivity index (χ0v) is 13.7. The molecule has 0 unspecified atom stereocenters. The van der Waals surface area contributed by atoms with E-state index in [1.807, 2.05) is 5.32 Å². The summed E-state index contributed by atoms with van der Waals surface area (Å²) >= 11 is 5.74. The van der Waals surface area contributed by atoms with Crippen molar-refractivity contribution in [3.05, 3.63) is 40.5 Å². The minimum atomic E-state index is -4.95. The van der Waals surface area contributed by atoms with E-state index >= 15 is 0 Å². The van der Waals surface area contributed by atoms with Gasteiger partial charge in [0.2, 0.25) is 5.95 Å². The molecule has 27 heavy (non-hydrogen) atoms. The van der Waals surface area contributed by atoms with Gasteiger partial charge in [0.05, 0.1) is 16.3 Å². The Hall–Kier alpha value is -2.76. The molecule has 0 spiro atoms. The highest BCUT2D eigenvalue weighted by molar-refractivity contribution is 6.33. The van der Waals surface area contributed by atoms with Gasteiger partial charge in [-0.25, -0.2) is 4.98 Å². The minimum absolute atomic E-state index is 0.370. The Kier molecular flexibility index (Phi) is 5.68. The number of alkyl halides is 6. The van der Waals surface area contributed by atoms with Gasteiger partial charge in [0, 0.05) is 6.07 Å². The Morgan fingerprint density at radius 2 is 1.78 bits per heavy atom. The average molecular weight is 415 g/mol. The number of hydrogen-bond donors (Lipinski definition) is 3. The molecule has 0 radical (unpaired) electrons. The fraction of sp³-hybridized carbons (Fsp3) is 0.214. The standard InChI is InChI=1S/C14H9ClF6N4O2/c15-7-3-1-2-6(13(16,17)18)11(7)24-9-4-8(14(19,20)21)23-12(25-9)22-5-10(26)27/h1-4H,5H2,(H,26,27)(H2,22,23,24,25). The van der Waals surface area contributed by atoms with Crippen LogP contribution >= 0.6 is 11.6 Å². The Balaban J connectivity index is 2.50. The van der Waals surface area contributed by atoms with Gasteiger partial charge in [-0.1, -0.05) is 17.7 Å². The van der Waals surface area contributed by atoms with Crippen LogP contribution in [0.1, 0.15) is 11.3 Å². The molecule has 2 aromatic rings. The molecule has 2 rings (SSSR count). The zero-order valence-electron chi connectivity index (χ0n) is 12.9. The summed E-state index contributed by atoms with van der Waals surface area (Å²) in [7, 11) is 0. The number of carboxylic acid groups (broad SMARTS) is 1. The first-order valence-corrected chi connectivity index (χ1v) is 7.30. The summed E-state index contributed by atoms with van der Waals surface area (Å²) in [6.45, 7) is -0.805. The average Bonchev–Trinajstić information content (AvgIpc) is 2.53. The molecular weight excluding hydrogens is 406 g/mol. The quantitative estimate of drug-likeness (QED) is 0.628. The fourth-order valence-corrected chi connectivity index (χ4v) is 2.13. The van der Waals surface area contributed by atoms with Gasteiger partial charge < -0.3 is 15.7 Å². The van der Waals surface area contributed by atoms with Crippen LogP contribution in [-0.4, -0.2) is 27.6 Å². The lowest BCUT2D eigenvalue weighted by atomic mass is 10.1. The third kappa shape index (κ3) is 5.36. The number of halogens is 7. The van der Waals surface area contributed by atoms with Gasteiger partial charge in [-0.3, -0.25) is 4.79 Å². The predicted molar refractivity (Wildman–Crippen MR) is 82.9 cm³/mol. The number of nitrogens with zero attached hydrogens (tertiary/aromatic N) is 2. The van der Waals surface area contributed by atoms with Gasteiger partial charge in [0.1, 0.15) is 12.4 Å². The molecule has 146 valence electrons. The Bertz CT molecular complexity index is 856. The number of nitrogens with one attached hydrogen (secondary N) is 2. The lowest BCUT2D eigenvalue weighted by Gasteiger charge is -2.17. The van der Waals surface area contributed by atoms with E-state index < -0.39 is 58.6 Å². The number of anilines is 3. The van der Waals surface area contributed by atoms with Gasteiger partial charge >= 0.3 is 18.3 Å². The lowest BCUT2D eigenvalue weighted by Crippen LogP contribution is -2.18. The summed E-state index contributed by atoms with van der Waals surface area (Å²) in [5, 5.41) is 12.3. The number of aliphatic carboxylic acids is 1. The maximum atomic E-state index is 13.1. The van der Waals surface area contributed by atoms with Crippen molar-refractivity contribution in [3.8, 4) is 0 Å². The summed E-state index contributed by atoms with van der Waals surface area (Å²) in [4.78, 5) is 17.2. The van der Waals surface area contributed by atoms with E-state index in [4.69, 9.17) is 16.7 Å². The van der Waals surface area contributed by atoms with E-state index in [0.29, 0.717) is 12.1 Å². The normalized spacial score (nSPS) is 12.0. The number of benzene rings is 1. The van der Waals surface area contributed by atoms with Crippen LogP contribution in [0, 0.1) is 0 Å². The molecule has 0 aliphatic carbocycles. The molecule has 6 nitrogen and oxygen atoms in total. The maximum Gasteiger partial charge on any atom is 0.433 e. The minimum Gasteiger partial charge on any atom is -0.480 e. The fourth-order valence-electron chi connectivity index (χ4n) is 1.91. The Morgan fingerprint density at radius 3 is 2.33 bits per heavy atom. The van der Waals surface area contributed by atoms with Crippen LogP contribution in [0.4, 0.5) is 43.8 Å². The van der Waals surface area contributed by atoms with E-state index in [0.717, 1.165) is 12.1 Å². The first-order valence-electron chi connectivity index (χ1n) is 6.92. The summed E-state index contributed by atoms with van der Waals surface area (Å²) in [6, 6.07) is 3.19. The summed E-state index contributed by atoms with van der Waals surface area (Å²) in [5.41, 5.74) is -3.42. The molecule has 0 bridgehead atoms. The molecule has 1 aromatic heterocycles. The summed E-state index contributed by atoms with van der Waals surface area (Å²) < 4.78 is 78.2. The molecule has 3 N–H and O–H groups in total. The molecule has 0 aliphatic rings. The van der Waals surface area contributed by atoms with Crippen molar-refractivity contribution in [2.75, 3.05) is 17.2 Å². The van der Waals surface area contributed by atoms with Crippen molar-refractivity contribution in [1.82, 2.24) is 9.97 Å². The third-order valence-electron chi connectivity index (χ3n) is 2.99. The molecule has 0 saturated heterocycles. The predicted octanol–water partition coefficient (Wildman–Crippen LogP) is 4.41. The molecule has 13 heteroatoms. The van der Waals surface area contributed by atoms with E-state index in [9.17, 15) is 31.1 Å². The maximum absolute atomic E-state index is 13.1. The molecular formula is C14H9ClF6N4O2. The second-order valence-corrected chi connectivity index (χ2v) is 5.40. The molecule has 1 heterocycles. The van der Waals surface area contributed by atoms with Crippen molar-refractivity contribution in [3.63, 3.8) is 0 Å². The van der Waals surface area contributed by atoms with Gasteiger partial charge in [0.25, 0.3) is 0 Å². The van der Waals surface area contributed by atoms with Crippen LogP contribution in [0.25, 0.3) is 0 Å². The van der Waals surface area contributed by atoms with Crippen molar-refractivity contribution < 1.29 is 36.2 Å². The SMILES string of the molecule is O=C(O)CNc1nc(Nc2c(Cl)cccc2C(F)(F)F)cc(C(F)(F)F)n1. The van der Waals surface area contributed by atoms with Crippen LogP contribution in [0.3, 0.4) is 0 Å². The van der Waals surface area contributed by atoms with Crippen LogP contribution in [0.2, 0.25) is 5.02 Å². The first kappa shape index (κ1) is 20.6. The van der Waals surface area contributed by atoms with Crippen LogP contribution in [-0.2, 0) is 17.1 Å². The van der Waals surface area contributed by atoms with Gasteiger partial charge in [-0.2, -0.15) is 31.3 Å². The Labute approximate surface area is 152 Å². The van der Waals surface area contributed by atoms with E-state index in [1.165, 1.54) is 0 Å². The van der Waals surface area contributed by atoms with Crippen LogP contribution in [0.15, 0.2) is 24.3 Å². The molecule has 0 aliphatic heterocycles. The molecule has 0 amide bonds. The van der Waals surface area contributed by atoms with Crippen molar-refractivity contribution in [1.29, 1.82) is 0 Å². The van der Waals surface area contributed by atoms with Gasteiger partial charge in [0.15, 0.2) is 5.69 Å². The molecule has 0 atom stereocenters. The summed E-state index contributed by atoms with van der Waals surface area (Å²) in [6.07, 6.45) is -9.79. The number of hydrogen-bond acceptors (Lipinski definition) is 5. The largest absolute Gasteiger partial charge is 0.480 e. The smallest absolute Gasteiger partial charge is 0.433 e. The number of para-hydroxylation sites is 1. The number of rotatable bonds is 5. The molecule has 0 fully saturated rings. The summed E-state index contributed by atoms with van der Waals surface area (Å²) in [5.74, 6) is -2.81. The van der Waals surface area contributed by atoms with E-state index in [1.54, 1.807) is 0 Å². The highest BCUT2D eigenvalue weighted by Crippen LogP contribution is 2.40. The van der Waals surface area contributed by atoms with Crippen molar-refractivity contribution >= 4 is 35.0 Å². The first-order chi connectivity index (χ1) is 12.4. The zero-order chi connectivity index (χ0) is 20.4. The lowest BCUT2D eigenvalue weighted by molar-refractivity contribution is -0.141. The van der Waals surface area contributed by atoms with Crippen LogP contribution in [0.5, 0.6) is 0 Å². The second kappa shape index (κ2) is 7.47.